The summed E-state index contributed by atoms with van der Waals surface area (Å²) in [6.07, 6.45) is 0.540. The second kappa shape index (κ2) is 27.4. The number of halogens is 2. The van der Waals surface area contributed by atoms with Gasteiger partial charge in [-0.05, 0) is 153 Å². The predicted octanol–water partition coefficient (Wildman–Crippen LogP) is 15.7. The number of anilines is 5. The van der Waals surface area contributed by atoms with Crippen molar-refractivity contribution in [2.45, 2.75) is 13.8 Å². The largest absolute Gasteiger partial charge is 0.507 e. The highest BCUT2D eigenvalue weighted by atomic mass is 19.1. The molecule has 87 heavy (non-hydrogen) atoms. The normalized spacial score (nSPS) is 10.5. The highest BCUT2D eigenvalue weighted by Crippen LogP contribution is 2.31. The van der Waals surface area contributed by atoms with Crippen LogP contribution in [0.1, 0.15) is 52.6 Å². The van der Waals surface area contributed by atoms with Crippen molar-refractivity contribution < 1.29 is 53.2 Å². The molecule has 0 aliphatic rings. The topological polar surface area (TPSA) is 226 Å². The van der Waals surface area contributed by atoms with Crippen molar-refractivity contribution in [1.29, 1.82) is 0 Å². The fourth-order valence-electron chi connectivity index (χ4n) is 9.22. The summed E-state index contributed by atoms with van der Waals surface area (Å²) in [5.74, 6) is -4.00. The van der Waals surface area contributed by atoms with Crippen LogP contribution < -0.4 is 26.6 Å². The van der Waals surface area contributed by atoms with Crippen LogP contribution >= 0.6 is 0 Å². The number of amides is 5. The first-order chi connectivity index (χ1) is 42.0. The molecule has 9 N–H and O–H groups in total. The number of aromatic hydroxyl groups is 4. The molecule has 0 fully saturated rings. The second-order valence-corrected chi connectivity index (χ2v) is 19.7. The monoisotopic (exact) mass is 1160 g/mol. The van der Waals surface area contributed by atoms with Crippen molar-refractivity contribution in [2.75, 3.05) is 26.6 Å². The van der Waals surface area contributed by atoms with Crippen molar-refractivity contribution in [3.63, 3.8) is 0 Å². The molecule has 16 heteroatoms. The Morgan fingerprint density at radius 2 is 0.575 bits per heavy atom. The van der Waals surface area contributed by atoms with E-state index in [-0.39, 0.29) is 57.1 Å². The van der Waals surface area contributed by atoms with Crippen molar-refractivity contribution in [3.8, 4) is 23.0 Å². The number of aryl methyl sites for hydroxylation is 2. The zero-order valence-corrected chi connectivity index (χ0v) is 46.7. The van der Waals surface area contributed by atoms with Gasteiger partial charge in [0.05, 0.1) is 33.6 Å². The lowest BCUT2D eigenvalue weighted by Gasteiger charge is -2.11. The van der Waals surface area contributed by atoms with E-state index < -0.39 is 29.1 Å². The first-order valence-electron chi connectivity index (χ1n) is 27.0. The third kappa shape index (κ3) is 14.7. The van der Waals surface area contributed by atoms with E-state index in [1.54, 1.807) is 84.9 Å². The summed E-state index contributed by atoms with van der Waals surface area (Å²) in [6, 6.07) is 67.8. The molecule has 0 aliphatic carbocycles. The molecule has 0 saturated heterocycles. The Balaban J connectivity index is 0.000000138. The number of rotatable bonds is 10. The van der Waals surface area contributed by atoms with Gasteiger partial charge in [-0.15, -0.1) is 0 Å². The number of carbonyl (C=O) groups excluding carboxylic acids is 5. The Morgan fingerprint density at radius 3 is 0.885 bits per heavy atom. The number of hydrogen-bond donors (Lipinski definition) is 9. The Morgan fingerprint density at radius 1 is 0.322 bits per heavy atom. The Labute approximate surface area is 497 Å². The quantitative estimate of drug-likeness (QED) is 0.0593. The first kappa shape index (κ1) is 59.7. The SMILES string of the molecule is Cc1ccccc1NC(=O)c1cc2ccccc2cc1O.Cc1ccccc1NC(=O)c1cc2ccccc2cc1O.O=C(Nc1c(F)cccc1F)c1cc2ccccc2cc1O.O=CNc1ccccc1NC(=O)c1cc2ccccc2cc1O. The minimum atomic E-state index is -0.881. The average Bonchev–Trinajstić information content (AvgIpc) is 3.45. The van der Waals surface area contributed by atoms with Gasteiger partial charge in [-0.1, -0.05) is 152 Å². The van der Waals surface area contributed by atoms with Crippen LogP contribution in [0.25, 0.3) is 43.1 Å². The minimum Gasteiger partial charge on any atom is -0.507 e. The third-order valence-electron chi connectivity index (χ3n) is 13.8. The summed E-state index contributed by atoms with van der Waals surface area (Å²) in [4.78, 5) is 60.0. The highest BCUT2D eigenvalue weighted by molar-refractivity contribution is 6.12. The number of nitrogens with one attached hydrogen (secondary N) is 5. The van der Waals surface area contributed by atoms with Crippen LogP contribution in [0.15, 0.2) is 237 Å². The summed E-state index contributed by atoms with van der Waals surface area (Å²) < 4.78 is 27.1. The first-order valence-corrected chi connectivity index (χ1v) is 27.0. The van der Waals surface area contributed by atoms with Gasteiger partial charge in [0.25, 0.3) is 23.6 Å². The summed E-state index contributed by atoms with van der Waals surface area (Å²) in [5.41, 5.74) is 4.51. The third-order valence-corrected chi connectivity index (χ3v) is 13.8. The molecule has 0 spiro atoms. The standard InChI is InChI=1S/C18H14N2O3.2C18H15NO2.C17H11F2NO2/c21-11-19-15-7-3-4-8-16(15)20-18(23)14-9-12-5-1-2-6-13(12)10-17(14)22;2*1-12-6-2-5-9-16(12)19-18(21)15-10-13-7-3-4-8-14(13)11-17(15)20;18-13-6-3-7-14(19)16(13)20-17(22)12-8-10-4-1-2-5-11(10)9-15(12)21/h1-11,22H,(H,19,21)(H,20,23);2*2-11,20H,1H3,(H,19,21);1-9,21H,(H,20,22). The van der Waals surface area contributed by atoms with Gasteiger partial charge in [0, 0.05) is 11.4 Å². The van der Waals surface area contributed by atoms with Crippen LogP contribution in [0.4, 0.5) is 37.2 Å². The minimum absolute atomic E-state index is 0.0141. The molecule has 0 saturated carbocycles. The van der Waals surface area contributed by atoms with Gasteiger partial charge in [0.15, 0.2) is 0 Å². The van der Waals surface area contributed by atoms with Crippen LogP contribution in [0.3, 0.4) is 0 Å². The van der Waals surface area contributed by atoms with Crippen LogP contribution in [0, 0.1) is 25.5 Å². The maximum atomic E-state index is 13.6. The van der Waals surface area contributed by atoms with Crippen LogP contribution in [-0.4, -0.2) is 50.5 Å². The van der Waals surface area contributed by atoms with Crippen molar-refractivity contribution in [2.24, 2.45) is 0 Å². The van der Waals surface area contributed by atoms with E-state index in [0.717, 1.165) is 77.7 Å². The van der Waals surface area contributed by atoms with E-state index in [0.29, 0.717) is 17.8 Å². The van der Waals surface area contributed by atoms with E-state index in [9.17, 15) is 53.2 Å². The number of hydrogen-bond acceptors (Lipinski definition) is 9. The van der Waals surface area contributed by atoms with Gasteiger partial charge in [0.2, 0.25) is 6.41 Å². The lowest BCUT2D eigenvalue weighted by atomic mass is 10.1. The molecule has 432 valence electrons. The molecule has 0 bridgehead atoms. The number of para-hydroxylation sites is 5. The van der Waals surface area contributed by atoms with Crippen molar-refractivity contribution in [3.05, 3.63) is 282 Å². The zero-order valence-electron chi connectivity index (χ0n) is 46.7. The van der Waals surface area contributed by atoms with Crippen LogP contribution in [0.2, 0.25) is 0 Å². The van der Waals surface area contributed by atoms with Gasteiger partial charge in [-0.25, -0.2) is 8.78 Å². The van der Waals surface area contributed by atoms with E-state index in [2.05, 4.69) is 26.6 Å². The van der Waals surface area contributed by atoms with Gasteiger partial charge < -0.3 is 47.0 Å². The van der Waals surface area contributed by atoms with E-state index in [1.165, 1.54) is 18.2 Å². The van der Waals surface area contributed by atoms with E-state index in [1.807, 2.05) is 135 Å². The summed E-state index contributed by atoms with van der Waals surface area (Å²) in [6.45, 7) is 3.85. The van der Waals surface area contributed by atoms with Crippen LogP contribution in [-0.2, 0) is 4.79 Å². The molecule has 12 aromatic rings. The Bertz CT molecular complexity index is 4410. The lowest BCUT2D eigenvalue weighted by Crippen LogP contribution is -2.14. The van der Waals surface area contributed by atoms with Crippen LogP contribution in [0.5, 0.6) is 23.0 Å². The smallest absolute Gasteiger partial charge is 0.259 e. The molecular formula is C71H55F2N5O9. The molecule has 0 atom stereocenters. The lowest BCUT2D eigenvalue weighted by molar-refractivity contribution is -0.105. The highest BCUT2D eigenvalue weighted by Gasteiger charge is 2.19. The number of fused-ring (bicyclic) bond motifs is 4. The number of benzene rings is 12. The Kier molecular flexibility index (Phi) is 18.8. The fraction of sp³-hybridized carbons (Fsp3) is 0.0282. The van der Waals surface area contributed by atoms with Gasteiger partial charge in [0.1, 0.15) is 40.3 Å². The average molecular weight is 1160 g/mol. The number of carbonyl (C=O) groups is 5. The van der Waals surface area contributed by atoms with Gasteiger partial charge in [-0.2, -0.15) is 0 Å². The second-order valence-electron chi connectivity index (χ2n) is 19.7. The number of phenols is 4. The fourth-order valence-corrected chi connectivity index (χ4v) is 9.22. The molecule has 0 aromatic heterocycles. The zero-order chi connectivity index (χ0) is 61.6. The maximum Gasteiger partial charge on any atom is 0.259 e. The molecular weight excluding hydrogens is 1100 g/mol. The van der Waals surface area contributed by atoms with Gasteiger partial charge in [-0.3, -0.25) is 24.0 Å². The predicted molar refractivity (Wildman–Crippen MR) is 339 cm³/mol. The summed E-state index contributed by atoms with van der Waals surface area (Å²) >= 11 is 0. The van der Waals surface area contributed by atoms with E-state index in [4.69, 9.17) is 0 Å². The molecule has 12 aromatic carbocycles. The number of phenolic OH excluding ortho intramolecular Hbond substituents is 4. The molecule has 5 amide bonds. The summed E-state index contributed by atoms with van der Waals surface area (Å²) in [5, 5.41) is 60.1. The maximum absolute atomic E-state index is 13.6. The van der Waals surface area contributed by atoms with Crippen molar-refractivity contribution >= 4 is 102 Å². The van der Waals surface area contributed by atoms with Gasteiger partial charge >= 0.3 is 0 Å². The molecule has 12 rings (SSSR count). The Hall–Kier alpha value is -11.9. The van der Waals surface area contributed by atoms with Crippen molar-refractivity contribution in [1.82, 2.24) is 0 Å². The molecule has 0 radical (unpaired) electrons. The molecule has 14 nitrogen and oxygen atoms in total. The summed E-state index contributed by atoms with van der Waals surface area (Å²) in [7, 11) is 0. The molecule has 0 aliphatic heterocycles. The van der Waals surface area contributed by atoms with E-state index >= 15 is 0 Å². The molecule has 0 unspecified atom stereocenters. The molecule has 0 heterocycles.